The molecule has 8 nitrogen and oxygen atoms in total. The van der Waals surface area contributed by atoms with Gasteiger partial charge in [0, 0.05) is 17.8 Å². The summed E-state index contributed by atoms with van der Waals surface area (Å²) in [6.45, 7) is 3.51. The van der Waals surface area contributed by atoms with Gasteiger partial charge in [0.15, 0.2) is 5.01 Å². The first-order valence-corrected chi connectivity index (χ1v) is 8.63. The highest BCUT2D eigenvalue weighted by molar-refractivity contribution is 7.20. The monoisotopic (exact) mass is 366 g/mol. The van der Waals surface area contributed by atoms with E-state index in [4.69, 9.17) is 0 Å². The second kappa shape index (κ2) is 6.19. The molecule has 9 heteroatoms. The molecular weight excluding hydrogens is 352 g/mol. The van der Waals surface area contributed by atoms with Gasteiger partial charge in [0.2, 0.25) is 5.95 Å². The number of thiazole rings is 1. The highest BCUT2D eigenvalue weighted by Crippen LogP contribution is 2.23. The fourth-order valence-electron chi connectivity index (χ4n) is 2.55. The number of nitrogens with one attached hydrogen (secondary N) is 2. The molecule has 0 spiro atoms. The quantitative estimate of drug-likeness (QED) is 0.579. The number of hydrogen-bond acceptors (Lipinski definition) is 6. The molecule has 3 aromatic heterocycles. The van der Waals surface area contributed by atoms with Crippen LogP contribution in [0.5, 0.6) is 0 Å². The van der Waals surface area contributed by atoms with E-state index >= 15 is 0 Å². The highest BCUT2D eigenvalue weighted by Gasteiger charge is 2.17. The summed E-state index contributed by atoms with van der Waals surface area (Å²) in [7, 11) is 0. The van der Waals surface area contributed by atoms with Crippen LogP contribution in [-0.4, -0.2) is 30.6 Å². The van der Waals surface area contributed by atoms with Gasteiger partial charge in [-0.1, -0.05) is 12.1 Å². The molecule has 1 amide bonds. The first kappa shape index (κ1) is 16.2. The number of H-pyrrole nitrogens is 1. The van der Waals surface area contributed by atoms with Crippen molar-refractivity contribution >= 4 is 33.3 Å². The topological polar surface area (TPSA) is 106 Å². The van der Waals surface area contributed by atoms with Crippen molar-refractivity contribution in [3.8, 4) is 5.95 Å². The van der Waals surface area contributed by atoms with Crippen molar-refractivity contribution in [3.63, 3.8) is 0 Å². The van der Waals surface area contributed by atoms with Gasteiger partial charge in [-0.15, -0.1) is 11.3 Å². The van der Waals surface area contributed by atoms with E-state index < -0.39 is 0 Å². The SMILES string of the molecule is Cc1cc(=O)[nH]c(-n2nc(C)cc2NC(=O)c2nc3ccccc3s2)n1. The molecule has 0 aliphatic heterocycles. The number of rotatable bonds is 3. The average molecular weight is 366 g/mol. The van der Waals surface area contributed by atoms with Crippen LogP contribution in [0.25, 0.3) is 16.2 Å². The molecule has 4 aromatic rings. The second-order valence-corrected chi connectivity index (χ2v) is 6.76. The minimum Gasteiger partial charge on any atom is -0.304 e. The van der Waals surface area contributed by atoms with Crippen LogP contribution >= 0.6 is 11.3 Å². The number of benzene rings is 1. The summed E-state index contributed by atoms with van der Waals surface area (Å²) in [4.78, 5) is 35.6. The zero-order chi connectivity index (χ0) is 18.3. The Balaban J connectivity index is 1.70. The number of anilines is 1. The lowest BCUT2D eigenvalue weighted by Crippen LogP contribution is -2.18. The summed E-state index contributed by atoms with van der Waals surface area (Å²) in [6.07, 6.45) is 0. The van der Waals surface area contributed by atoms with Crippen molar-refractivity contribution in [2.75, 3.05) is 5.32 Å². The lowest BCUT2D eigenvalue weighted by Gasteiger charge is -2.07. The third-order valence-electron chi connectivity index (χ3n) is 3.62. The number of aryl methyl sites for hydroxylation is 2. The largest absolute Gasteiger partial charge is 0.304 e. The zero-order valence-electron chi connectivity index (χ0n) is 14.0. The summed E-state index contributed by atoms with van der Waals surface area (Å²) in [5.41, 5.74) is 1.72. The summed E-state index contributed by atoms with van der Waals surface area (Å²) < 4.78 is 2.33. The predicted octanol–water partition coefficient (Wildman–Crippen LogP) is 2.43. The second-order valence-electron chi connectivity index (χ2n) is 5.73. The first-order valence-electron chi connectivity index (χ1n) is 7.81. The predicted molar refractivity (Wildman–Crippen MR) is 99.0 cm³/mol. The third kappa shape index (κ3) is 3.00. The van der Waals surface area contributed by atoms with Crippen LogP contribution in [0.1, 0.15) is 21.2 Å². The van der Waals surface area contributed by atoms with Crippen molar-refractivity contribution in [2.45, 2.75) is 13.8 Å². The van der Waals surface area contributed by atoms with E-state index in [2.05, 4.69) is 25.4 Å². The molecule has 1 aromatic carbocycles. The zero-order valence-corrected chi connectivity index (χ0v) is 14.8. The standard InChI is InChI=1S/C17H14N6O2S/c1-9-8-14(24)21-17(18-9)23-13(7-10(2)22-23)20-15(25)16-19-11-5-3-4-6-12(11)26-16/h3-8H,1-2H3,(H,20,25)(H,18,21,24). The number of fused-ring (bicyclic) bond motifs is 1. The Labute approximate surface area is 151 Å². The fourth-order valence-corrected chi connectivity index (χ4v) is 3.41. The summed E-state index contributed by atoms with van der Waals surface area (Å²) in [5, 5.41) is 7.45. The molecule has 0 unspecified atom stereocenters. The van der Waals surface area contributed by atoms with Gasteiger partial charge in [0.25, 0.3) is 11.5 Å². The van der Waals surface area contributed by atoms with Crippen LogP contribution in [0.15, 0.2) is 41.2 Å². The van der Waals surface area contributed by atoms with E-state index in [-0.39, 0.29) is 17.4 Å². The van der Waals surface area contributed by atoms with Crippen LogP contribution < -0.4 is 10.9 Å². The van der Waals surface area contributed by atoms with E-state index in [1.165, 1.54) is 22.1 Å². The number of para-hydroxylation sites is 1. The van der Waals surface area contributed by atoms with Crippen LogP contribution in [0.3, 0.4) is 0 Å². The number of nitrogens with zero attached hydrogens (tertiary/aromatic N) is 4. The van der Waals surface area contributed by atoms with Crippen LogP contribution in [-0.2, 0) is 0 Å². The molecule has 0 saturated carbocycles. The Morgan fingerprint density at radius 2 is 1.96 bits per heavy atom. The molecule has 0 aliphatic carbocycles. The van der Waals surface area contributed by atoms with Gasteiger partial charge in [-0.05, 0) is 26.0 Å². The Morgan fingerprint density at radius 1 is 1.15 bits per heavy atom. The molecule has 0 aliphatic rings. The van der Waals surface area contributed by atoms with Gasteiger partial charge in [0.05, 0.1) is 15.9 Å². The summed E-state index contributed by atoms with van der Waals surface area (Å²) in [5.74, 6) is 0.297. The normalized spacial score (nSPS) is 11.0. The Bertz CT molecular complexity index is 1160. The Kier molecular flexibility index (Phi) is 3.85. The van der Waals surface area contributed by atoms with Gasteiger partial charge in [-0.25, -0.2) is 9.97 Å². The lowest BCUT2D eigenvalue weighted by atomic mass is 10.3. The van der Waals surface area contributed by atoms with Crippen molar-refractivity contribution in [3.05, 3.63) is 63.1 Å². The molecule has 130 valence electrons. The number of aromatic nitrogens is 5. The maximum absolute atomic E-state index is 12.6. The van der Waals surface area contributed by atoms with E-state index in [9.17, 15) is 9.59 Å². The minimum atomic E-state index is -0.345. The highest BCUT2D eigenvalue weighted by atomic mass is 32.1. The maximum atomic E-state index is 12.6. The Hall–Kier alpha value is -3.33. The van der Waals surface area contributed by atoms with E-state index in [0.29, 0.717) is 22.2 Å². The van der Waals surface area contributed by atoms with E-state index in [0.717, 1.165) is 10.2 Å². The molecule has 0 bridgehead atoms. The number of hydrogen-bond donors (Lipinski definition) is 2. The first-order chi connectivity index (χ1) is 12.5. The summed E-state index contributed by atoms with van der Waals surface area (Å²) >= 11 is 1.31. The summed E-state index contributed by atoms with van der Waals surface area (Å²) in [6, 6.07) is 10.6. The van der Waals surface area contributed by atoms with Crippen LogP contribution in [0.2, 0.25) is 0 Å². The molecule has 4 rings (SSSR count). The van der Waals surface area contributed by atoms with E-state index in [1.54, 1.807) is 19.9 Å². The van der Waals surface area contributed by atoms with Crippen molar-refractivity contribution < 1.29 is 4.79 Å². The van der Waals surface area contributed by atoms with Gasteiger partial charge in [-0.2, -0.15) is 9.78 Å². The molecule has 0 fully saturated rings. The molecule has 3 heterocycles. The molecule has 26 heavy (non-hydrogen) atoms. The van der Waals surface area contributed by atoms with Gasteiger partial charge in [0.1, 0.15) is 5.82 Å². The smallest absolute Gasteiger partial charge is 0.285 e. The molecule has 0 radical (unpaired) electrons. The molecule has 2 N–H and O–H groups in total. The maximum Gasteiger partial charge on any atom is 0.285 e. The molecule has 0 saturated heterocycles. The number of carbonyl (C=O) groups excluding carboxylic acids is 1. The third-order valence-corrected chi connectivity index (χ3v) is 4.65. The Morgan fingerprint density at radius 3 is 2.73 bits per heavy atom. The molecular formula is C17H14N6O2S. The van der Waals surface area contributed by atoms with Crippen molar-refractivity contribution in [1.29, 1.82) is 0 Å². The fraction of sp³-hybridized carbons (Fsp3) is 0.118. The van der Waals surface area contributed by atoms with Gasteiger partial charge < -0.3 is 5.32 Å². The van der Waals surface area contributed by atoms with Gasteiger partial charge >= 0.3 is 0 Å². The van der Waals surface area contributed by atoms with Gasteiger partial charge in [-0.3, -0.25) is 14.6 Å². The van der Waals surface area contributed by atoms with E-state index in [1.807, 2.05) is 24.3 Å². The minimum absolute atomic E-state index is 0.239. The van der Waals surface area contributed by atoms with Crippen LogP contribution in [0.4, 0.5) is 5.82 Å². The lowest BCUT2D eigenvalue weighted by molar-refractivity contribution is 0.102. The van der Waals surface area contributed by atoms with Crippen molar-refractivity contribution in [2.24, 2.45) is 0 Å². The molecule has 0 atom stereocenters. The number of carbonyl (C=O) groups is 1. The number of amides is 1. The average Bonchev–Trinajstić information content (AvgIpc) is 3.17. The van der Waals surface area contributed by atoms with Crippen molar-refractivity contribution in [1.82, 2.24) is 24.7 Å². The number of aromatic amines is 1. The van der Waals surface area contributed by atoms with Crippen LogP contribution in [0, 0.1) is 13.8 Å².